The zero-order valence-corrected chi connectivity index (χ0v) is 12.7. The van der Waals surface area contributed by atoms with Crippen molar-refractivity contribution in [1.82, 2.24) is 5.32 Å². The van der Waals surface area contributed by atoms with Crippen molar-refractivity contribution in [2.45, 2.75) is 26.8 Å². The van der Waals surface area contributed by atoms with Gasteiger partial charge in [0.1, 0.15) is 0 Å². The number of benzene rings is 1. The van der Waals surface area contributed by atoms with Crippen molar-refractivity contribution in [1.29, 1.82) is 0 Å². The SMILES string of the molecule is COCCC(C)(C)CNCc1ccc(Cl)c(Cl)c1. The quantitative estimate of drug-likeness (QED) is 0.814. The molecule has 0 saturated heterocycles. The van der Waals surface area contributed by atoms with Crippen LogP contribution in [0.4, 0.5) is 0 Å². The zero-order chi connectivity index (χ0) is 13.6. The molecule has 0 unspecified atom stereocenters. The van der Waals surface area contributed by atoms with Gasteiger partial charge in [0.05, 0.1) is 10.0 Å². The lowest BCUT2D eigenvalue weighted by molar-refractivity contribution is 0.150. The largest absolute Gasteiger partial charge is 0.385 e. The van der Waals surface area contributed by atoms with Gasteiger partial charge < -0.3 is 10.1 Å². The van der Waals surface area contributed by atoms with E-state index in [0.717, 1.165) is 31.7 Å². The second-order valence-electron chi connectivity index (χ2n) is 5.26. The summed E-state index contributed by atoms with van der Waals surface area (Å²) in [5.41, 5.74) is 1.37. The Balaban J connectivity index is 2.39. The molecule has 0 heterocycles. The van der Waals surface area contributed by atoms with Gasteiger partial charge in [-0.1, -0.05) is 43.1 Å². The number of nitrogens with one attached hydrogen (secondary N) is 1. The number of hydrogen-bond acceptors (Lipinski definition) is 2. The molecule has 1 aromatic carbocycles. The standard InChI is InChI=1S/C14H21Cl2NO/c1-14(2,6-7-18-3)10-17-9-11-4-5-12(15)13(16)8-11/h4-5,8,17H,6-7,9-10H2,1-3H3. The third kappa shape index (κ3) is 5.57. The third-order valence-corrected chi connectivity index (χ3v) is 3.64. The summed E-state index contributed by atoms with van der Waals surface area (Å²) in [6.45, 7) is 6.99. The Morgan fingerprint density at radius 1 is 1.22 bits per heavy atom. The molecule has 0 atom stereocenters. The second-order valence-corrected chi connectivity index (χ2v) is 6.07. The van der Waals surface area contributed by atoms with Gasteiger partial charge >= 0.3 is 0 Å². The predicted molar refractivity (Wildman–Crippen MR) is 78.4 cm³/mol. The van der Waals surface area contributed by atoms with Gasteiger partial charge in [-0.2, -0.15) is 0 Å². The summed E-state index contributed by atoms with van der Waals surface area (Å²) in [6, 6.07) is 5.72. The van der Waals surface area contributed by atoms with Crippen LogP contribution in [0, 0.1) is 5.41 Å². The molecule has 1 aromatic rings. The van der Waals surface area contributed by atoms with Crippen molar-refractivity contribution in [2.75, 3.05) is 20.3 Å². The molecular formula is C14H21Cl2NO. The van der Waals surface area contributed by atoms with E-state index in [4.69, 9.17) is 27.9 Å². The van der Waals surface area contributed by atoms with Crippen LogP contribution in [0.1, 0.15) is 25.8 Å². The summed E-state index contributed by atoms with van der Waals surface area (Å²) in [6.07, 6.45) is 1.04. The third-order valence-electron chi connectivity index (χ3n) is 2.90. The van der Waals surface area contributed by atoms with Crippen molar-refractivity contribution in [3.05, 3.63) is 33.8 Å². The number of hydrogen-bond donors (Lipinski definition) is 1. The molecule has 1 rings (SSSR count). The van der Waals surface area contributed by atoms with Gasteiger partial charge in [0.2, 0.25) is 0 Å². The highest BCUT2D eigenvalue weighted by Gasteiger charge is 2.16. The topological polar surface area (TPSA) is 21.3 Å². The molecule has 1 N–H and O–H groups in total. The monoisotopic (exact) mass is 289 g/mol. The first-order chi connectivity index (χ1) is 8.44. The molecule has 0 aliphatic carbocycles. The minimum Gasteiger partial charge on any atom is -0.385 e. The number of rotatable bonds is 7. The average molecular weight is 290 g/mol. The van der Waals surface area contributed by atoms with Gasteiger partial charge in [0, 0.05) is 26.8 Å². The summed E-state index contributed by atoms with van der Waals surface area (Å²) in [5.74, 6) is 0. The Kier molecular flexibility index (Phi) is 6.44. The first kappa shape index (κ1) is 15.8. The van der Waals surface area contributed by atoms with Crippen molar-refractivity contribution in [2.24, 2.45) is 5.41 Å². The number of ether oxygens (including phenoxy) is 1. The van der Waals surface area contributed by atoms with E-state index < -0.39 is 0 Å². The predicted octanol–water partition coefficient (Wildman–Crippen LogP) is 4.15. The molecule has 0 bridgehead atoms. The zero-order valence-electron chi connectivity index (χ0n) is 11.2. The number of methoxy groups -OCH3 is 1. The second kappa shape index (κ2) is 7.34. The summed E-state index contributed by atoms with van der Waals surface area (Å²) in [4.78, 5) is 0. The van der Waals surface area contributed by atoms with E-state index in [1.807, 2.05) is 18.2 Å². The maximum Gasteiger partial charge on any atom is 0.0595 e. The van der Waals surface area contributed by atoms with Crippen molar-refractivity contribution < 1.29 is 4.74 Å². The lowest BCUT2D eigenvalue weighted by Gasteiger charge is -2.24. The lowest BCUT2D eigenvalue weighted by Crippen LogP contribution is -2.30. The van der Waals surface area contributed by atoms with Crippen molar-refractivity contribution in [3.63, 3.8) is 0 Å². The van der Waals surface area contributed by atoms with Gasteiger partial charge in [0.25, 0.3) is 0 Å². The van der Waals surface area contributed by atoms with Gasteiger partial charge in [-0.3, -0.25) is 0 Å². The fraction of sp³-hybridized carbons (Fsp3) is 0.571. The van der Waals surface area contributed by atoms with Gasteiger partial charge in [-0.15, -0.1) is 0 Å². The molecule has 0 saturated carbocycles. The Morgan fingerprint density at radius 3 is 2.56 bits per heavy atom. The molecular weight excluding hydrogens is 269 g/mol. The van der Waals surface area contributed by atoms with E-state index in [0.29, 0.717) is 10.0 Å². The van der Waals surface area contributed by atoms with E-state index in [-0.39, 0.29) is 5.41 Å². The van der Waals surface area contributed by atoms with E-state index in [2.05, 4.69) is 19.2 Å². The van der Waals surface area contributed by atoms with Crippen LogP contribution in [0.5, 0.6) is 0 Å². The van der Waals surface area contributed by atoms with Gasteiger partial charge in [-0.05, 0) is 29.5 Å². The summed E-state index contributed by atoms with van der Waals surface area (Å²) < 4.78 is 5.11. The van der Waals surface area contributed by atoms with Crippen LogP contribution in [-0.2, 0) is 11.3 Å². The van der Waals surface area contributed by atoms with E-state index in [1.165, 1.54) is 0 Å². The molecule has 4 heteroatoms. The molecule has 0 aromatic heterocycles. The molecule has 18 heavy (non-hydrogen) atoms. The Labute approximate surface area is 120 Å². The first-order valence-electron chi connectivity index (χ1n) is 6.08. The van der Waals surface area contributed by atoms with Crippen LogP contribution < -0.4 is 5.32 Å². The van der Waals surface area contributed by atoms with Crippen LogP contribution in [0.3, 0.4) is 0 Å². The fourth-order valence-electron chi connectivity index (χ4n) is 1.66. The summed E-state index contributed by atoms with van der Waals surface area (Å²) in [7, 11) is 1.74. The van der Waals surface area contributed by atoms with E-state index in [1.54, 1.807) is 7.11 Å². The molecule has 102 valence electrons. The molecule has 2 nitrogen and oxygen atoms in total. The van der Waals surface area contributed by atoms with Gasteiger partial charge in [0.15, 0.2) is 0 Å². The maximum absolute atomic E-state index is 5.97. The summed E-state index contributed by atoms with van der Waals surface area (Å²) >= 11 is 11.9. The Bertz CT molecular complexity index is 380. The molecule has 0 radical (unpaired) electrons. The highest BCUT2D eigenvalue weighted by molar-refractivity contribution is 6.42. The average Bonchev–Trinajstić information content (AvgIpc) is 2.31. The lowest BCUT2D eigenvalue weighted by atomic mass is 9.89. The smallest absolute Gasteiger partial charge is 0.0595 e. The van der Waals surface area contributed by atoms with E-state index >= 15 is 0 Å². The summed E-state index contributed by atoms with van der Waals surface area (Å²) in [5, 5.41) is 4.64. The van der Waals surface area contributed by atoms with Crippen molar-refractivity contribution in [3.8, 4) is 0 Å². The molecule has 0 fully saturated rings. The van der Waals surface area contributed by atoms with Crippen LogP contribution in [0.15, 0.2) is 18.2 Å². The minimum absolute atomic E-state index is 0.228. The molecule has 0 aliphatic rings. The maximum atomic E-state index is 5.97. The minimum atomic E-state index is 0.228. The van der Waals surface area contributed by atoms with Crippen LogP contribution in [-0.4, -0.2) is 20.3 Å². The van der Waals surface area contributed by atoms with Crippen LogP contribution in [0.2, 0.25) is 10.0 Å². The Hall–Kier alpha value is -0.280. The molecule has 0 amide bonds. The Morgan fingerprint density at radius 2 is 1.94 bits per heavy atom. The molecule has 0 spiro atoms. The van der Waals surface area contributed by atoms with E-state index in [9.17, 15) is 0 Å². The number of halogens is 2. The first-order valence-corrected chi connectivity index (χ1v) is 6.84. The highest BCUT2D eigenvalue weighted by atomic mass is 35.5. The fourth-order valence-corrected chi connectivity index (χ4v) is 1.98. The van der Waals surface area contributed by atoms with Crippen molar-refractivity contribution >= 4 is 23.2 Å². The van der Waals surface area contributed by atoms with Crippen LogP contribution >= 0.6 is 23.2 Å². The normalized spacial score (nSPS) is 11.8. The van der Waals surface area contributed by atoms with Crippen LogP contribution in [0.25, 0.3) is 0 Å². The highest BCUT2D eigenvalue weighted by Crippen LogP contribution is 2.23. The molecule has 0 aliphatic heterocycles. The van der Waals surface area contributed by atoms with Gasteiger partial charge in [-0.25, -0.2) is 0 Å².